The second-order valence-corrected chi connectivity index (χ2v) is 11.6. The van der Waals surface area contributed by atoms with E-state index in [4.69, 9.17) is 4.74 Å². The van der Waals surface area contributed by atoms with Crippen molar-refractivity contribution in [3.05, 3.63) is 70.7 Å². The van der Waals surface area contributed by atoms with E-state index in [1.54, 1.807) is 36.3 Å². The minimum Gasteiger partial charge on any atom is -0.497 e. The number of methoxy groups -OCH3 is 1. The third kappa shape index (κ3) is 5.59. The van der Waals surface area contributed by atoms with Gasteiger partial charge < -0.3 is 15.0 Å². The van der Waals surface area contributed by atoms with Gasteiger partial charge in [-0.3, -0.25) is 4.90 Å². The lowest BCUT2D eigenvalue weighted by Gasteiger charge is -2.56. The number of hydrogen-bond acceptors (Lipinski definition) is 5. The van der Waals surface area contributed by atoms with E-state index in [0.717, 1.165) is 15.8 Å². The minimum atomic E-state index is -3.16. The standard InChI is InChI=1S/C24H28BrN3O4S/c1-32-20-11-9-19(10-12-20)26-24(29)27-13-3-4-14-28-21(15-27)23(22(28)16-33(2,30)31)17-5-7-18(25)8-6-17/h3-12,21-23H,13-16H2,1-2H3,(H,26,29)/b4-3-/t21-,22+,23+/m0/s1. The zero-order valence-corrected chi connectivity index (χ0v) is 21.1. The number of hydrogen-bond donors (Lipinski definition) is 1. The molecule has 176 valence electrons. The van der Waals surface area contributed by atoms with E-state index in [0.29, 0.717) is 25.3 Å². The van der Waals surface area contributed by atoms with E-state index in [1.807, 2.05) is 36.4 Å². The summed E-state index contributed by atoms with van der Waals surface area (Å²) in [7, 11) is -1.56. The van der Waals surface area contributed by atoms with Crippen LogP contribution in [0.5, 0.6) is 5.75 Å². The number of anilines is 1. The summed E-state index contributed by atoms with van der Waals surface area (Å²) in [6, 6.07) is 15.0. The summed E-state index contributed by atoms with van der Waals surface area (Å²) >= 11 is 3.47. The summed E-state index contributed by atoms with van der Waals surface area (Å²) in [4.78, 5) is 17.1. The summed E-state index contributed by atoms with van der Waals surface area (Å²) in [6.07, 6.45) is 5.27. The molecule has 0 aliphatic carbocycles. The van der Waals surface area contributed by atoms with E-state index >= 15 is 0 Å². The maximum absolute atomic E-state index is 13.1. The lowest BCUT2D eigenvalue weighted by molar-refractivity contribution is -0.00598. The normalized spacial score (nSPS) is 24.1. The van der Waals surface area contributed by atoms with Crippen LogP contribution in [0.1, 0.15) is 11.5 Å². The van der Waals surface area contributed by atoms with Crippen molar-refractivity contribution in [2.24, 2.45) is 0 Å². The molecule has 4 rings (SSSR count). The summed E-state index contributed by atoms with van der Waals surface area (Å²) in [5, 5.41) is 2.96. The Morgan fingerprint density at radius 3 is 2.39 bits per heavy atom. The van der Waals surface area contributed by atoms with Gasteiger partial charge in [0.1, 0.15) is 15.6 Å². The van der Waals surface area contributed by atoms with Gasteiger partial charge in [-0.2, -0.15) is 0 Å². The number of nitrogens with one attached hydrogen (secondary N) is 1. The second-order valence-electron chi connectivity index (χ2n) is 8.54. The summed E-state index contributed by atoms with van der Waals surface area (Å²) in [5.41, 5.74) is 1.78. The van der Waals surface area contributed by atoms with Crippen LogP contribution in [0.3, 0.4) is 0 Å². The van der Waals surface area contributed by atoms with Crippen LogP contribution in [0.15, 0.2) is 65.2 Å². The number of amides is 2. The number of carbonyl (C=O) groups is 1. The van der Waals surface area contributed by atoms with Gasteiger partial charge in [0, 0.05) is 54.1 Å². The summed E-state index contributed by atoms with van der Waals surface area (Å²) < 4.78 is 30.5. The van der Waals surface area contributed by atoms with Crippen LogP contribution in [0, 0.1) is 0 Å². The van der Waals surface area contributed by atoms with Crippen LogP contribution >= 0.6 is 15.9 Å². The Hall–Kier alpha value is -2.36. The molecule has 0 aromatic heterocycles. The fourth-order valence-electron chi connectivity index (χ4n) is 4.68. The van der Waals surface area contributed by atoms with E-state index in [1.165, 1.54) is 6.26 Å². The van der Waals surface area contributed by atoms with E-state index in [-0.39, 0.29) is 29.8 Å². The predicted octanol–water partition coefficient (Wildman–Crippen LogP) is 3.74. The van der Waals surface area contributed by atoms with Crippen molar-refractivity contribution in [1.29, 1.82) is 0 Å². The molecule has 1 N–H and O–H groups in total. The van der Waals surface area contributed by atoms with E-state index in [2.05, 4.69) is 26.1 Å². The van der Waals surface area contributed by atoms with Crippen LogP contribution < -0.4 is 10.1 Å². The number of carbonyl (C=O) groups excluding carboxylic acids is 1. The lowest BCUT2D eigenvalue weighted by Crippen LogP contribution is -2.68. The zero-order chi connectivity index (χ0) is 23.6. The Balaban J connectivity index is 1.56. The van der Waals surface area contributed by atoms with Crippen LogP contribution in [0.2, 0.25) is 0 Å². The molecule has 0 unspecified atom stereocenters. The highest BCUT2D eigenvalue weighted by Gasteiger charge is 2.50. The average molecular weight is 534 g/mol. The molecule has 2 amide bonds. The van der Waals surface area contributed by atoms with Crippen LogP contribution in [0.4, 0.5) is 10.5 Å². The second kappa shape index (κ2) is 9.87. The van der Waals surface area contributed by atoms with Crippen LogP contribution in [-0.4, -0.2) is 75.1 Å². The van der Waals surface area contributed by atoms with Gasteiger partial charge in [-0.05, 0) is 42.0 Å². The van der Waals surface area contributed by atoms with Crippen LogP contribution in [0.25, 0.3) is 0 Å². The van der Waals surface area contributed by atoms with E-state index < -0.39 is 9.84 Å². The Morgan fingerprint density at radius 2 is 1.76 bits per heavy atom. The molecule has 1 saturated heterocycles. The number of sulfone groups is 1. The minimum absolute atomic E-state index is 0.0237. The molecule has 2 aliphatic rings. The molecular formula is C24H28BrN3O4S. The maximum Gasteiger partial charge on any atom is 0.322 e. The molecule has 1 fully saturated rings. The van der Waals surface area contributed by atoms with Gasteiger partial charge in [0.25, 0.3) is 0 Å². The van der Waals surface area contributed by atoms with Gasteiger partial charge in [-0.25, -0.2) is 13.2 Å². The number of ether oxygens (including phenoxy) is 1. The molecule has 3 atom stereocenters. The smallest absolute Gasteiger partial charge is 0.322 e. The number of halogens is 1. The topological polar surface area (TPSA) is 79.0 Å². The van der Waals surface area contributed by atoms with Gasteiger partial charge >= 0.3 is 6.03 Å². The molecule has 2 aliphatic heterocycles. The maximum atomic E-state index is 13.1. The number of nitrogens with zero attached hydrogens (tertiary/aromatic N) is 2. The highest BCUT2D eigenvalue weighted by molar-refractivity contribution is 9.10. The monoisotopic (exact) mass is 533 g/mol. The van der Waals surface area contributed by atoms with Crippen molar-refractivity contribution in [2.75, 3.05) is 44.1 Å². The first-order valence-electron chi connectivity index (χ1n) is 10.8. The lowest BCUT2D eigenvalue weighted by atomic mass is 9.75. The SMILES string of the molecule is COc1ccc(NC(=O)N2C/C=C\CN3[C@H](CS(C)(=O)=O)[C@H](c4ccc(Br)cc4)[C@@H]3C2)cc1. The highest BCUT2D eigenvalue weighted by Crippen LogP contribution is 2.42. The number of fused-ring (bicyclic) bond motifs is 1. The van der Waals surface area contributed by atoms with Crippen molar-refractivity contribution < 1.29 is 17.9 Å². The molecule has 2 aromatic carbocycles. The highest BCUT2D eigenvalue weighted by atomic mass is 79.9. The van der Waals surface area contributed by atoms with Gasteiger partial charge in [-0.1, -0.05) is 40.2 Å². The number of benzene rings is 2. The predicted molar refractivity (Wildman–Crippen MR) is 134 cm³/mol. The molecule has 7 nitrogen and oxygen atoms in total. The van der Waals surface area contributed by atoms with E-state index in [9.17, 15) is 13.2 Å². The van der Waals surface area contributed by atoms with Crippen molar-refractivity contribution in [2.45, 2.75) is 18.0 Å². The Kier molecular flexibility index (Phi) is 7.11. The molecule has 9 heteroatoms. The molecule has 2 aromatic rings. The third-order valence-corrected chi connectivity index (χ3v) is 7.73. The van der Waals surface area contributed by atoms with Crippen LogP contribution in [-0.2, 0) is 9.84 Å². The third-order valence-electron chi connectivity index (χ3n) is 6.25. The number of urea groups is 1. The van der Waals surface area contributed by atoms with Gasteiger partial charge in [0.15, 0.2) is 0 Å². The molecule has 0 spiro atoms. The average Bonchev–Trinajstić information content (AvgIpc) is 2.76. The fourth-order valence-corrected chi connectivity index (χ4v) is 5.97. The Bertz CT molecular complexity index is 1120. The molecular weight excluding hydrogens is 506 g/mol. The van der Waals surface area contributed by atoms with Gasteiger partial charge in [0.05, 0.1) is 12.9 Å². The molecule has 0 radical (unpaired) electrons. The zero-order valence-electron chi connectivity index (χ0n) is 18.6. The fraction of sp³-hybridized carbons (Fsp3) is 0.375. The van der Waals surface area contributed by atoms with Crippen molar-refractivity contribution >= 4 is 37.5 Å². The summed E-state index contributed by atoms with van der Waals surface area (Å²) in [6.45, 7) is 1.68. The first kappa shape index (κ1) is 23.8. The molecule has 33 heavy (non-hydrogen) atoms. The first-order valence-corrected chi connectivity index (χ1v) is 13.6. The van der Waals surface area contributed by atoms with Crippen molar-refractivity contribution in [3.8, 4) is 5.75 Å². The Labute approximate surface area is 203 Å². The summed E-state index contributed by atoms with van der Waals surface area (Å²) in [5.74, 6) is 0.841. The quantitative estimate of drug-likeness (QED) is 0.592. The Morgan fingerprint density at radius 1 is 1.09 bits per heavy atom. The largest absolute Gasteiger partial charge is 0.497 e. The van der Waals surface area contributed by atoms with Gasteiger partial charge in [0.2, 0.25) is 0 Å². The first-order chi connectivity index (χ1) is 15.7. The van der Waals surface area contributed by atoms with Crippen molar-refractivity contribution in [1.82, 2.24) is 9.80 Å². The molecule has 0 bridgehead atoms. The molecule has 2 heterocycles. The van der Waals surface area contributed by atoms with Gasteiger partial charge in [-0.15, -0.1) is 0 Å². The van der Waals surface area contributed by atoms with Crippen molar-refractivity contribution in [3.63, 3.8) is 0 Å². The molecule has 0 saturated carbocycles. The number of rotatable bonds is 5.